The number of hydrogen-bond acceptors (Lipinski definition) is 9. The first-order valence-corrected chi connectivity index (χ1v) is 11.6. The Morgan fingerprint density at radius 1 is 0.912 bits per heavy atom. The number of phenols is 1. The number of amides is 1. The quantitative estimate of drug-likeness (QED) is 0.181. The van der Waals surface area contributed by atoms with Crippen LogP contribution in [0.4, 0.5) is 11.4 Å². The highest BCUT2D eigenvalue weighted by Crippen LogP contribution is 2.38. The summed E-state index contributed by atoms with van der Waals surface area (Å²) in [6.45, 7) is 0. The van der Waals surface area contributed by atoms with Gasteiger partial charge in [0.15, 0.2) is 0 Å². The Labute approximate surface area is 189 Å². The van der Waals surface area contributed by atoms with Crippen LogP contribution >= 0.6 is 0 Å². The second-order valence-corrected chi connectivity index (χ2v) is 9.52. The van der Waals surface area contributed by atoms with Crippen molar-refractivity contribution in [3.63, 3.8) is 0 Å². The summed E-state index contributed by atoms with van der Waals surface area (Å²) in [4.78, 5) is 32.3. The number of fused-ring (bicyclic) bond motifs is 1. The number of nitrogens with one attached hydrogen (secondary N) is 1. The van der Waals surface area contributed by atoms with Gasteiger partial charge in [0.05, 0.1) is 21.1 Å². The molecule has 0 saturated heterocycles. The number of rotatable bonds is 6. The Morgan fingerprint density at radius 3 is 2.06 bits per heavy atom. The van der Waals surface area contributed by atoms with Crippen molar-refractivity contribution < 1.29 is 50.7 Å². The van der Waals surface area contributed by atoms with Crippen molar-refractivity contribution in [2.24, 2.45) is 0 Å². The fourth-order valence-electron chi connectivity index (χ4n) is 3.05. The number of aromatic hydroxyl groups is 1. The normalized spacial score (nSPS) is 11.8. The van der Waals surface area contributed by atoms with Gasteiger partial charge in [0.1, 0.15) is 10.6 Å². The van der Waals surface area contributed by atoms with Crippen molar-refractivity contribution in [1.29, 1.82) is 0 Å². The predicted molar refractivity (Wildman–Crippen MR) is 113 cm³/mol. The zero-order valence-electron chi connectivity index (χ0n) is 16.4. The molecule has 0 aliphatic rings. The number of phenolic OH excluding ortho intramolecular Hbond substituents is 1. The maximum Gasteiger partial charge on any atom is 0.335 e. The number of benzene rings is 3. The standard InChI is InChI=1S/C18H12N2O12S2/c21-14-7-11(33(27,28)29)6-12-15(34(30,31)32)2-1-13(16(12)14)19-17(22)8-3-9(18(23)24)5-10(4-8)20(25)26/h1-7,21H,(H,19,22)(H,23,24)(H,27,28,29)(H,30,31,32). The number of non-ortho nitro benzene ring substituents is 1. The maximum atomic E-state index is 12.7. The molecule has 3 rings (SSSR count). The van der Waals surface area contributed by atoms with Gasteiger partial charge in [-0.3, -0.25) is 24.0 Å². The minimum Gasteiger partial charge on any atom is -0.507 e. The summed E-state index contributed by atoms with van der Waals surface area (Å²) in [5.41, 5.74) is -2.10. The number of nitro groups is 1. The minimum atomic E-state index is -4.98. The zero-order valence-corrected chi connectivity index (χ0v) is 18.0. The van der Waals surface area contributed by atoms with Crippen LogP contribution in [0.1, 0.15) is 20.7 Å². The van der Waals surface area contributed by atoms with Crippen LogP contribution in [0.2, 0.25) is 0 Å². The maximum absolute atomic E-state index is 12.7. The second-order valence-electron chi connectivity index (χ2n) is 6.71. The summed E-state index contributed by atoms with van der Waals surface area (Å²) in [5, 5.41) is 31.7. The Kier molecular flexibility index (Phi) is 6.02. The number of carboxylic acid groups (broad SMARTS) is 1. The predicted octanol–water partition coefficient (Wildman–Crippen LogP) is 1.90. The van der Waals surface area contributed by atoms with Gasteiger partial charge in [-0.2, -0.15) is 16.8 Å². The minimum absolute atomic E-state index is 0.338. The smallest absolute Gasteiger partial charge is 0.335 e. The molecule has 0 atom stereocenters. The topological polar surface area (TPSA) is 239 Å². The van der Waals surface area contributed by atoms with Crippen molar-refractivity contribution in [3.8, 4) is 5.75 Å². The van der Waals surface area contributed by atoms with Gasteiger partial charge in [0.25, 0.3) is 31.8 Å². The van der Waals surface area contributed by atoms with E-state index in [2.05, 4.69) is 5.32 Å². The van der Waals surface area contributed by atoms with E-state index in [1.165, 1.54) is 0 Å². The summed E-state index contributed by atoms with van der Waals surface area (Å²) in [5.74, 6) is -3.59. The lowest BCUT2D eigenvalue weighted by molar-refractivity contribution is -0.384. The van der Waals surface area contributed by atoms with E-state index in [-0.39, 0.29) is 5.69 Å². The highest BCUT2D eigenvalue weighted by molar-refractivity contribution is 7.86. The fraction of sp³-hybridized carbons (Fsp3) is 0. The molecular weight excluding hydrogens is 500 g/mol. The van der Waals surface area contributed by atoms with E-state index < -0.39 is 80.2 Å². The molecular formula is C18H12N2O12S2. The molecule has 0 radical (unpaired) electrons. The lowest BCUT2D eigenvalue weighted by Gasteiger charge is -2.14. The highest BCUT2D eigenvalue weighted by atomic mass is 32.2. The molecule has 0 heterocycles. The molecule has 0 spiro atoms. The number of hydrogen-bond donors (Lipinski definition) is 5. The van der Waals surface area contributed by atoms with Crippen molar-refractivity contribution in [3.05, 3.63) is 63.7 Å². The largest absolute Gasteiger partial charge is 0.507 e. The first-order chi connectivity index (χ1) is 15.6. The van der Waals surface area contributed by atoms with Crippen LogP contribution in [0.15, 0.2) is 52.3 Å². The van der Waals surface area contributed by atoms with E-state index in [9.17, 15) is 50.8 Å². The van der Waals surface area contributed by atoms with Gasteiger partial charge in [-0.25, -0.2) is 4.79 Å². The average Bonchev–Trinajstić information content (AvgIpc) is 2.71. The van der Waals surface area contributed by atoms with Gasteiger partial charge >= 0.3 is 5.97 Å². The Bertz CT molecular complexity index is 1580. The second kappa shape index (κ2) is 8.34. The Morgan fingerprint density at radius 2 is 1.53 bits per heavy atom. The molecule has 0 aliphatic heterocycles. The van der Waals surface area contributed by atoms with Crippen molar-refractivity contribution in [2.75, 3.05) is 5.32 Å². The number of anilines is 1. The van der Waals surface area contributed by atoms with E-state index in [0.29, 0.717) is 12.1 Å². The molecule has 0 fully saturated rings. The van der Waals surface area contributed by atoms with Crippen LogP contribution in [0.5, 0.6) is 5.75 Å². The van der Waals surface area contributed by atoms with Crippen molar-refractivity contribution in [2.45, 2.75) is 9.79 Å². The molecule has 0 aliphatic carbocycles. The number of carbonyl (C=O) groups is 2. The Hall–Kier alpha value is -4.12. The van der Waals surface area contributed by atoms with Crippen molar-refractivity contribution >= 4 is 54.3 Å². The molecule has 0 unspecified atom stereocenters. The summed E-state index contributed by atoms with van der Waals surface area (Å²) in [7, 11) is -9.90. The summed E-state index contributed by atoms with van der Waals surface area (Å²) in [6.07, 6.45) is 0. The van der Waals surface area contributed by atoms with E-state index in [1.807, 2.05) is 0 Å². The SMILES string of the molecule is O=C(O)c1cc(C(=O)Nc2ccc(S(=O)(=O)O)c3cc(S(=O)(=O)O)cc(O)c23)cc([N+](=O)[O-])c1. The molecule has 5 N–H and O–H groups in total. The third-order valence-electron chi connectivity index (χ3n) is 4.49. The van der Waals surface area contributed by atoms with Crippen LogP contribution in [-0.4, -0.2) is 53.0 Å². The molecule has 0 bridgehead atoms. The van der Waals surface area contributed by atoms with Crippen LogP contribution in [0, 0.1) is 10.1 Å². The number of aromatic carboxylic acids is 1. The first kappa shape index (κ1) is 24.5. The van der Waals surface area contributed by atoms with E-state index in [0.717, 1.165) is 30.3 Å². The van der Waals surface area contributed by atoms with Gasteiger partial charge in [-0.1, -0.05) is 0 Å². The molecule has 16 heteroatoms. The summed E-state index contributed by atoms with van der Waals surface area (Å²) < 4.78 is 65.1. The Balaban J connectivity index is 2.23. The van der Waals surface area contributed by atoms with Crippen LogP contribution in [0.3, 0.4) is 0 Å². The van der Waals surface area contributed by atoms with Gasteiger partial charge in [-0.15, -0.1) is 0 Å². The van der Waals surface area contributed by atoms with Gasteiger partial charge in [-0.05, 0) is 24.3 Å². The number of carbonyl (C=O) groups excluding carboxylic acids is 1. The van der Waals surface area contributed by atoms with Gasteiger partial charge < -0.3 is 15.5 Å². The van der Waals surface area contributed by atoms with Crippen LogP contribution < -0.4 is 5.32 Å². The van der Waals surface area contributed by atoms with Crippen LogP contribution in [-0.2, 0) is 20.2 Å². The molecule has 34 heavy (non-hydrogen) atoms. The van der Waals surface area contributed by atoms with E-state index in [4.69, 9.17) is 5.11 Å². The van der Waals surface area contributed by atoms with E-state index in [1.54, 1.807) is 0 Å². The van der Waals surface area contributed by atoms with Gasteiger partial charge in [0, 0.05) is 34.5 Å². The molecule has 14 nitrogen and oxygen atoms in total. The highest BCUT2D eigenvalue weighted by Gasteiger charge is 2.24. The van der Waals surface area contributed by atoms with E-state index >= 15 is 0 Å². The third-order valence-corrected chi connectivity index (χ3v) is 6.23. The molecule has 0 saturated carbocycles. The molecule has 3 aromatic rings. The number of nitro benzene ring substituents is 1. The lowest BCUT2D eigenvalue weighted by Crippen LogP contribution is -2.14. The first-order valence-electron chi connectivity index (χ1n) is 8.68. The lowest BCUT2D eigenvalue weighted by atomic mass is 10.1. The molecule has 3 aromatic carbocycles. The summed E-state index contributed by atoms with van der Waals surface area (Å²) >= 11 is 0. The summed E-state index contributed by atoms with van der Waals surface area (Å²) in [6, 6.07) is 5.18. The zero-order chi connectivity index (χ0) is 25.6. The van der Waals surface area contributed by atoms with Crippen LogP contribution in [0.25, 0.3) is 10.8 Å². The molecule has 1 amide bonds. The number of carboxylic acids is 1. The fourth-order valence-corrected chi connectivity index (χ4v) is 4.26. The average molecular weight is 512 g/mol. The van der Waals surface area contributed by atoms with Gasteiger partial charge in [0.2, 0.25) is 0 Å². The number of nitrogens with zero attached hydrogens (tertiary/aromatic N) is 1. The monoisotopic (exact) mass is 512 g/mol. The third kappa shape index (κ3) is 4.79. The van der Waals surface area contributed by atoms with Crippen molar-refractivity contribution in [1.82, 2.24) is 0 Å². The molecule has 0 aromatic heterocycles. The molecule has 178 valence electrons.